The first-order valence-corrected chi connectivity index (χ1v) is 11.7. The molecule has 3 heterocycles. The molecule has 2 aliphatic rings. The Morgan fingerprint density at radius 2 is 1.77 bits per heavy atom. The number of fused-ring (bicyclic) bond motifs is 1. The number of non-ortho nitro benzene ring substituents is 1. The maximum Gasteiger partial charge on any atom is 0.294 e. The number of hydrogen-bond donors (Lipinski definition) is 0. The van der Waals surface area contributed by atoms with Crippen LogP contribution >= 0.6 is 11.8 Å². The lowest BCUT2D eigenvalue weighted by Crippen LogP contribution is -2.44. The molecule has 0 unspecified atom stereocenters. The molecule has 2 aliphatic heterocycles. The first-order valence-electron chi connectivity index (χ1n) is 10.9. The number of aromatic nitrogens is 1. The summed E-state index contributed by atoms with van der Waals surface area (Å²) in [5.74, 6) is -0.778. The number of amides is 3. The van der Waals surface area contributed by atoms with Crippen LogP contribution in [0.5, 0.6) is 0 Å². The van der Waals surface area contributed by atoms with Crippen LogP contribution in [0.15, 0.2) is 71.8 Å². The highest BCUT2D eigenvalue weighted by Crippen LogP contribution is 2.33. The fourth-order valence-electron chi connectivity index (χ4n) is 4.20. The third kappa shape index (κ3) is 4.47. The van der Waals surface area contributed by atoms with Gasteiger partial charge in [0.15, 0.2) is 0 Å². The molecular weight excluding hydrogens is 468 g/mol. The largest absolute Gasteiger partial charge is 0.336 e. The molecule has 35 heavy (non-hydrogen) atoms. The Morgan fingerprint density at radius 1 is 1.03 bits per heavy atom. The van der Waals surface area contributed by atoms with Gasteiger partial charge >= 0.3 is 0 Å². The molecule has 0 radical (unpaired) electrons. The fraction of sp³-hybridized carbons (Fsp3) is 0.160. The number of nitro groups is 1. The molecular formula is C25H20N4O5S. The van der Waals surface area contributed by atoms with Crippen LogP contribution in [0.4, 0.5) is 10.5 Å². The van der Waals surface area contributed by atoms with E-state index < -0.39 is 16.1 Å². The number of hydrogen-bond acceptors (Lipinski definition) is 6. The Hall–Kier alpha value is -4.18. The van der Waals surface area contributed by atoms with Gasteiger partial charge in [-0.05, 0) is 59.7 Å². The van der Waals surface area contributed by atoms with E-state index in [9.17, 15) is 24.5 Å². The Labute approximate surface area is 204 Å². The maximum absolute atomic E-state index is 13.0. The van der Waals surface area contributed by atoms with Gasteiger partial charge in [-0.1, -0.05) is 24.3 Å². The topological polar surface area (TPSA) is 106 Å². The van der Waals surface area contributed by atoms with Gasteiger partial charge in [0, 0.05) is 42.8 Å². The minimum absolute atomic E-state index is 0.0227. The third-order valence-corrected chi connectivity index (χ3v) is 6.96. The number of nitrogens with zero attached hydrogens (tertiary/aromatic N) is 4. The van der Waals surface area contributed by atoms with E-state index in [1.54, 1.807) is 46.0 Å². The summed E-state index contributed by atoms with van der Waals surface area (Å²) in [6.07, 6.45) is 4.09. The van der Waals surface area contributed by atoms with Crippen LogP contribution in [-0.2, 0) is 22.6 Å². The standard InChI is InChI=1S/C25H20N4O5S/c30-23(26-13-11-17-4-1-2-5-18(17)15-26)16-28-24(31)22(35-25(28)32)14-21-6-3-12-27(21)19-7-9-20(10-8-19)29(33)34/h1-10,12,14H,11,13,15-16H2. The van der Waals surface area contributed by atoms with Crippen LogP contribution in [0, 0.1) is 10.1 Å². The lowest BCUT2D eigenvalue weighted by molar-refractivity contribution is -0.384. The SMILES string of the molecule is O=C(CN1C(=O)SC(=Cc2cccn2-c2ccc([N+](=O)[O-])cc2)C1=O)N1CCc2ccccc2C1. The lowest BCUT2D eigenvalue weighted by Gasteiger charge is -2.29. The smallest absolute Gasteiger partial charge is 0.294 e. The van der Waals surface area contributed by atoms with Crippen LogP contribution in [-0.4, -0.2) is 49.4 Å². The number of benzene rings is 2. The number of nitro benzene ring substituents is 1. The molecule has 1 aromatic heterocycles. The van der Waals surface area contributed by atoms with Crippen molar-refractivity contribution in [1.29, 1.82) is 0 Å². The van der Waals surface area contributed by atoms with Gasteiger partial charge in [-0.15, -0.1) is 0 Å². The predicted octanol–water partition coefficient (Wildman–Crippen LogP) is 4.01. The van der Waals surface area contributed by atoms with Crippen molar-refractivity contribution in [3.05, 3.63) is 98.7 Å². The molecule has 0 aliphatic carbocycles. The highest BCUT2D eigenvalue weighted by Gasteiger charge is 2.37. The average Bonchev–Trinajstić information content (AvgIpc) is 3.43. The molecule has 3 aromatic rings. The van der Waals surface area contributed by atoms with Crippen molar-refractivity contribution in [2.24, 2.45) is 0 Å². The number of thioether (sulfide) groups is 1. The van der Waals surface area contributed by atoms with Crippen molar-refractivity contribution < 1.29 is 19.3 Å². The highest BCUT2D eigenvalue weighted by atomic mass is 32.2. The van der Waals surface area contributed by atoms with Gasteiger partial charge in [0.05, 0.1) is 9.83 Å². The average molecular weight is 489 g/mol. The summed E-state index contributed by atoms with van der Waals surface area (Å²) < 4.78 is 1.76. The van der Waals surface area contributed by atoms with Gasteiger partial charge in [-0.2, -0.15) is 0 Å². The van der Waals surface area contributed by atoms with E-state index in [0.29, 0.717) is 24.5 Å². The fourth-order valence-corrected chi connectivity index (χ4v) is 5.02. The monoisotopic (exact) mass is 488 g/mol. The Bertz CT molecular complexity index is 1380. The summed E-state index contributed by atoms with van der Waals surface area (Å²) in [4.78, 5) is 51.8. The van der Waals surface area contributed by atoms with Crippen LogP contribution in [0.3, 0.4) is 0 Å². The minimum Gasteiger partial charge on any atom is -0.336 e. The number of rotatable bonds is 5. The second-order valence-corrected chi connectivity index (χ2v) is 9.17. The predicted molar refractivity (Wildman–Crippen MR) is 131 cm³/mol. The molecule has 9 nitrogen and oxygen atoms in total. The second-order valence-electron chi connectivity index (χ2n) is 8.18. The van der Waals surface area contributed by atoms with Crippen molar-refractivity contribution in [2.75, 3.05) is 13.1 Å². The van der Waals surface area contributed by atoms with Crippen molar-refractivity contribution in [3.63, 3.8) is 0 Å². The lowest BCUT2D eigenvalue weighted by atomic mass is 10.00. The zero-order valence-corrected chi connectivity index (χ0v) is 19.3. The van der Waals surface area contributed by atoms with Gasteiger partial charge in [-0.3, -0.25) is 29.4 Å². The molecule has 0 bridgehead atoms. The van der Waals surface area contributed by atoms with E-state index in [4.69, 9.17) is 0 Å². The van der Waals surface area contributed by atoms with Crippen LogP contribution in [0.2, 0.25) is 0 Å². The van der Waals surface area contributed by atoms with Gasteiger partial charge in [0.2, 0.25) is 5.91 Å². The Morgan fingerprint density at radius 3 is 2.51 bits per heavy atom. The number of carbonyl (C=O) groups excluding carboxylic acids is 3. The van der Waals surface area contributed by atoms with Crippen LogP contribution in [0.25, 0.3) is 11.8 Å². The summed E-state index contributed by atoms with van der Waals surface area (Å²) in [7, 11) is 0. The molecule has 3 amide bonds. The van der Waals surface area contributed by atoms with Crippen molar-refractivity contribution >= 4 is 40.6 Å². The van der Waals surface area contributed by atoms with Gasteiger partial charge in [-0.25, -0.2) is 0 Å². The molecule has 0 spiro atoms. The molecule has 0 atom stereocenters. The summed E-state index contributed by atoms with van der Waals surface area (Å²) in [5.41, 5.74) is 3.57. The molecule has 2 aromatic carbocycles. The van der Waals surface area contributed by atoms with Crippen molar-refractivity contribution in [3.8, 4) is 5.69 Å². The molecule has 1 fully saturated rings. The summed E-state index contributed by atoms with van der Waals surface area (Å²) in [6.45, 7) is 0.710. The molecule has 1 saturated heterocycles. The zero-order chi connectivity index (χ0) is 24.5. The molecule has 0 saturated carbocycles. The molecule has 10 heteroatoms. The minimum atomic E-state index is -0.512. The second kappa shape index (κ2) is 9.22. The Kier molecular flexibility index (Phi) is 5.96. The molecule has 0 N–H and O–H groups in total. The summed E-state index contributed by atoms with van der Waals surface area (Å²) >= 11 is 0.793. The normalized spacial score (nSPS) is 16.6. The van der Waals surface area contributed by atoms with Crippen LogP contribution < -0.4 is 0 Å². The maximum atomic E-state index is 13.0. The first kappa shape index (κ1) is 22.6. The number of carbonyl (C=O) groups is 3. The van der Waals surface area contributed by atoms with Crippen molar-refractivity contribution in [1.82, 2.24) is 14.4 Å². The summed E-state index contributed by atoms with van der Waals surface area (Å²) in [5, 5.41) is 10.4. The van der Waals surface area contributed by atoms with E-state index in [1.165, 1.54) is 17.7 Å². The molecule has 5 rings (SSSR count). The molecule has 176 valence electrons. The van der Waals surface area contributed by atoms with Gasteiger partial charge < -0.3 is 9.47 Å². The quantitative estimate of drug-likeness (QED) is 0.305. The van der Waals surface area contributed by atoms with E-state index in [0.717, 1.165) is 28.6 Å². The van der Waals surface area contributed by atoms with Crippen molar-refractivity contribution in [2.45, 2.75) is 13.0 Å². The summed E-state index contributed by atoms with van der Waals surface area (Å²) in [6, 6.07) is 17.5. The van der Waals surface area contributed by atoms with Gasteiger partial charge in [0.25, 0.3) is 16.8 Å². The third-order valence-electron chi connectivity index (χ3n) is 6.05. The number of imide groups is 1. The Balaban J connectivity index is 1.31. The van der Waals surface area contributed by atoms with E-state index >= 15 is 0 Å². The van der Waals surface area contributed by atoms with Gasteiger partial charge in [0.1, 0.15) is 6.54 Å². The van der Waals surface area contributed by atoms with Crippen LogP contribution in [0.1, 0.15) is 16.8 Å². The highest BCUT2D eigenvalue weighted by molar-refractivity contribution is 8.18. The van der Waals surface area contributed by atoms with E-state index in [2.05, 4.69) is 0 Å². The zero-order valence-electron chi connectivity index (χ0n) is 18.5. The van der Waals surface area contributed by atoms with E-state index in [-0.39, 0.29) is 23.0 Å². The first-order chi connectivity index (χ1) is 16.9. The van der Waals surface area contributed by atoms with E-state index in [1.807, 2.05) is 24.3 Å².